The van der Waals surface area contributed by atoms with Crippen LogP contribution in [0.25, 0.3) is 10.8 Å². The van der Waals surface area contributed by atoms with Crippen LogP contribution >= 0.6 is 0 Å². The fraction of sp³-hybridized carbons (Fsp3) is 0.188. The SMILES string of the molecule is CC(NS(=O)(=O)Cc1ccon1)c1cccc2ccccc12. The third-order valence-corrected chi connectivity index (χ3v) is 4.86. The summed E-state index contributed by atoms with van der Waals surface area (Å²) in [6.07, 6.45) is 1.36. The number of aromatic nitrogens is 1. The Labute approximate surface area is 129 Å². The Hall–Kier alpha value is -2.18. The predicted molar refractivity (Wildman–Crippen MR) is 84.6 cm³/mol. The third kappa shape index (κ3) is 3.18. The van der Waals surface area contributed by atoms with E-state index < -0.39 is 10.0 Å². The number of nitrogens with zero attached hydrogens (tertiary/aromatic N) is 1. The standard InChI is InChI=1S/C16H16N2O3S/c1-12(18-22(19,20)11-14-9-10-21-17-14)15-8-4-6-13-5-2-3-7-16(13)15/h2-10,12,18H,11H2,1H3. The minimum Gasteiger partial charge on any atom is -0.364 e. The largest absolute Gasteiger partial charge is 0.364 e. The Morgan fingerprint density at radius 3 is 2.68 bits per heavy atom. The molecule has 0 aliphatic rings. The predicted octanol–water partition coefficient (Wildman–Crippen LogP) is 3.01. The summed E-state index contributed by atoms with van der Waals surface area (Å²) < 4.78 is 31.8. The van der Waals surface area contributed by atoms with Crippen molar-refractivity contribution < 1.29 is 12.9 Å². The van der Waals surface area contributed by atoms with Crippen LogP contribution in [-0.2, 0) is 15.8 Å². The Bertz CT molecular complexity index is 868. The molecular formula is C16H16N2O3S. The van der Waals surface area contributed by atoms with Crippen molar-refractivity contribution in [2.75, 3.05) is 0 Å². The fourth-order valence-corrected chi connectivity index (χ4v) is 3.80. The molecule has 0 saturated carbocycles. The monoisotopic (exact) mass is 316 g/mol. The lowest BCUT2D eigenvalue weighted by molar-refractivity contribution is 0.413. The number of sulfonamides is 1. The van der Waals surface area contributed by atoms with E-state index in [0.717, 1.165) is 16.3 Å². The molecule has 22 heavy (non-hydrogen) atoms. The Balaban J connectivity index is 1.85. The first-order valence-electron chi connectivity index (χ1n) is 6.92. The number of hydrogen-bond donors (Lipinski definition) is 1. The highest BCUT2D eigenvalue weighted by molar-refractivity contribution is 7.88. The molecule has 0 amide bonds. The molecule has 5 nitrogen and oxygen atoms in total. The van der Waals surface area contributed by atoms with E-state index in [1.807, 2.05) is 49.4 Å². The van der Waals surface area contributed by atoms with Crippen LogP contribution in [0.4, 0.5) is 0 Å². The zero-order valence-corrected chi connectivity index (χ0v) is 12.9. The maximum atomic E-state index is 12.2. The van der Waals surface area contributed by atoms with Crippen molar-refractivity contribution in [3.8, 4) is 0 Å². The van der Waals surface area contributed by atoms with Crippen LogP contribution in [0.3, 0.4) is 0 Å². The Kier molecular flexibility index (Phi) is 3.96. The molecule has 0 radical (unpaired) electrons. The van der Waals surface area contributed by atoms with Crippen molar-refractivity contribution in [3.63, 3.8) is 0 Å². The molecular weight excluding hydrogens is 300 g/mol. The van der Waals surface area contributed by atoms with E-state index in [2.05, 4.69) is 14.4 Å². The first-order valence-corrected chi connectivity index (χ1v) is 8.57. The molecule has 3 rings (SSSR count). The van der Waals surface area contributed by atoms with Crippen LogP contribution in [0, 0.1) is 0 Å². The van der Waals surface area contributed by atoms with Crippen LogP contribution in [-0.4, -0.2) is 13.6 Å². The molecule has 2 aromatic carbocycles. The highest BCUT2D eigenvalue weighted by atomic mass is 32.2. The zero-order chi connectivity index (χ0) is 15.6. The van der Waals surface area contributed by atoms with Crippen molar-refractivity contribution in [3.05, 3.63) is 66.1 Å². The molecule has 1 N–H and O–H groups in total. The van der Waals surface area contributed by atoms with Gasteiger partial charge in [0.05, 0.1) is 5.69 Å². The van der Waals surface area contributed by atoms with Gasteiger partial charge in [0.15, 0.2) is 0 Å². The van der Waals surface area contributed by atoms with E-state index in [-0.39, 0.29) is 11.8 Å². The summed E-state index contributed by atoms with van der Waals surface area (Å²) in [5.74, 6) is -0.196. The van der Waals surface area contributed by atoms with Gasteiger partial charge in [0, 0.05) is 12.1 Å². The van der Waals surface area contributed by atoms with Gasteiger partial charge in [0.25, 0.3) is 0 Å². The van der Waals surface area contributed by atoms with Crippen molar-refractivity contribution in [1.29, 1.82) is 0 Å². The van der Waals surface area contributed by atoms with E-state index >= 15 is 0 Å². The first kappa shape index (κ1) is 14.7. The lowest BCUT2D eigenvalue weighted by Crippen LogP contribution is -2.28. The van der Waals surface area contributed by atoms with Gasteiger partial charge in [-0.3, -0.25) is 0 Å². The normalized spacial score (nSPS) is 13.3. The van der Waals surface area contributed by atoms with Gasteiger partial charge in [-0.2, -0.15) is 0 Å². The minimum absolute atomic E-state index is 0.196. The number of hydrogen-bond acceptors (Lipinski definition) is 4. The molecule has 0 spiro atoms. The molecule has 0 fully saturated rings. The smallest absolute Gasteiger partial charge is 0.218 e. The van der Waals surface area contributed by atoms with Gasteiger partial charge < -0.3 is 4.52 Å². The Morgan fingerprint density at radius 1 is 1.14 bits per heavy atom. The molecule has 0 aliphatic heterocycles. The van der Waals surface area contributed by atoms with Gasteiger partial charge in [-0.05, 0) is 23.3 Å². The molecule has 3 aromatic rings. The molecule has 6 heteroatoms. The second kappa shape index (κ2) is 5.90. The third-order valence-electron chi connectivity index (χ3n) is 3.48. The fourth-order valence-electron chi connectivity index (χ4n) is 2.51. The van der Waals surface area contributed by atoms with E-state index in [1.165, 1.54) is 6.26 Å². The summed E-state index contributed by atoms with van der Waals surface area (Å²) >= 11 is 0. The average molecular weight is 316 g/mol. The van der Waals surface area contributed by atoms with Crippen LogP contribution in [0.1, 0.15) is 24.2 Å². The summed E-state index contributed by atoms with van der Waals surface area (Å²) in [6.45, 7) is 1.84. The van der Waals surface area contributed by atoms with Gasteiger partial charge in [-0.15, -0.1) is 0 Å². The number of fused-ring (bicyclic) bond motifs is 1. The van der Waals surface area contributed by atoms with Gasteiger partial charge in [-0.25, -0.2) is 13.1 Å². The van der Waals surface area contributed by atoms with Gasteiger partial charge in [0.2, 0.25) is 10.0 Å². The van der Waals surface area contributed by atoms with E-state index in [9.17, 15) is 8.42 Å². The minimum atomic E-state index is -3.49. The maximum absolute atomic E-state index is 12.2. The summed E-state index contributed by atoms with van der Waals surface area (Å²) in [5, 5.41) is 5.77. The summed E-state index contributed by atoms with van der Waals surface area (Å²) in [4.78, 5) is 0. The number of rotatable bonds is 5. The second-order valence-corrected chi connectivity index (χ2v) is 6.91. The number of nitrogens with one attached hydrogen (secondary N) is 1. The first-order chi connectivity index (χ1) is 10.6. The van der Waals surface area contributed by atoms with Crippen molar-refractivity contribution in [2.45, 2.75) is 18.7 Å². The van der Waals surface area contributed by atoms with Crippen LogP contribution in [0.5, 0.6) is 0 Å². The molecule has 1 aromatic heterocycles. The molecule has 1 atom stereocenters. The summed E-state index contributed by atoms with van der Waals surface area (Å²) in [6, 6.07) is 15.0. The van der Waals surface area contributed by atoms with Gasteiger partial charge in [-0.1, -0.05) is 47.6 Å². The average Bonchev–Trinajstić information content (AvgIpc) is 2.98. The van der Waals surface area contributed by atoms with Crippen LogP contribution in [0.15, 0.2) is 59.3 Å². The van der Waals surface area contributed by atoms with E-state index in [1.54, 1.807) is 6.07 Å². The van der Waals surface area contributed by atoms with Gasteiger partial charge in [0.1, 0.15) is 12.0 Å². The van der Waals surface area contributed by atoms with Crippen molar-refractivity contribution in [2.24, 2.45) is 0 Å². The summed E-state index contributed by atoms with van der Waals surface area (Å²) in [7, 11) is -3.49. The second-order valence-electron chi connectivity index (χ2n) is 5.16. The lowest BCUT2D eigenvalue weighted by atomic mass is 10.0. The lowest BCUT2D eigenvalue weighted by Gasteiger charge is -2.16. The molecule has 0 bridgehead atoms. The molecule has 1 heterocycles. The highest BCUT2D eigenvalue weighted by Crippen LogP contribution is 2.24. The maximum Gasteiger partial charge on any atom is 0.218 e. The molecule has 0 saturated heterocycles. The van der Waals surface area contributed by atoms with Crippen LogP contribution in [0.2, 0.25) is 0 Å². The molecule has 1 unspecified atom stereocenters. The quantitative estimate of drug-likeness (QED) is 0.785. The van der Waals surface area contributed by atoms with Crippen molar-refractivity contribution >= 4 is 20.8 Å². The topological polar surface area (TPSA) is 72.2 Å². The summed E-state index contributed by atoms with van der Waals surface area (Å²) in [5.41, 5.74) is 1.33. The highest BCUT2D eigenvalue weighted by Gasteiger charge is 2.19. The van der Waals surface area contributed by atoms with E-state index in [4.69, 9.17) is 0 Å². The van der Waals surface area contributed by atoms with Crippen molar-refractivity contribution in [1.82, 2.24) is 9.88 Å². The number of benzene rings is 2. The zero-order valence-electron chi connectivity index (χ0n) is 12.1. The molecule has 114 valence electrons. The van der Waals surface area contributed by atoms with E-state index in [0.29, 0.717) is 5.69 Å². The Morgan fingerprint density at radius 2 is 1.91 bits per heavy atom. The van der Waals surface area contributed by atoms with Crippen LogP contribution < -0.4 is 4.72 Å². The molecule has 0 aliphatic carbocycles. The van der Waals surface area contributed by atoms with Gasteiger partial charge >= 0.3 is 0 Å².